The lowest BCUT2D eigenvalue weighted by Crippen LogP contribution is -2.24. The summed E-state index contributed by atoms with van der Waals surface area (Å²) >= 11 is 0. The van der Waals surface area contributed by atoms with E-state index in [0.29, 0.717) is 37.0 Å². The summed E-state index contributed by atoms with van der Waals surface area (Å²) in [6.45, 7) is 3.58. The zero-order chi connectivity index (χ0) is 14.7. The van der Waals surface area contributed by atoms with E-state index in [1.54, 1.807) is 6.07 Å². The molecule has 0 saturated carbocycles. The number of fused-ring (bicyclic) bond motifs is 1. The molecular formula is C15H16N2O4. The largest absolute Gasteiger partial charge is 0.486 e. The van der Waals surface area contributed by atoms with Crippen LogP contribution in [0.1, 0.15) is 12.6 Å². The normalized spacial score (nSPS) is 13.0. The number of aromatic nitrogens is 1. The molecule has 0 fully saturated rings. The molecule has 6 nitrogen and oxygen atoms in total. The van der Waals surface area contributed by atoms with Crippen molar-refractivity contribution < 1.29 is 18.8 Å². The van der Waals surface area contributed by atoms with Crippen LogP contribution in [0.2, 0.25) is 0 Å². The maximum absolute atomic E-state index is 11.5. The van der Waals surface area contributed by atoms with E-state index >= 15 is 0 Å². The molecule has 0 unspecified atom stereocenters. The van der Waals surface area contributed by atoms with Crippen molar-refractivity contribution in [2.24, 2.45) is 0 Å². The second kappa shape index (κ2) is 5.87. The van der Waals surface area contributed by atoms with Crippen molar-refractivity contribution in [3.05, 3.63) is 30.0 Å². The van der Waals surface area contributed by atoms with Crippen LogP contribution in [0.5, 0.6) is 11.5 Å². The number of likely N-dealkylation sites (N-methyl/N-ethyl adjacent to an activating group) is 1. The molecule has 0 bridgehead atoms. The first-order valence-electron chi connectivity index (χ1n) is 6.88. The molecule has 2 heterocycles. The number of carbonyl (C=O) groups is 1. The van der Waals surface area contributed by atoms with Crippen LogP contribution in [0.15, 0.2) is 28.8 Å². The monoisotopic (exact) mass is 288 g/mol. The van der Waals surface area contributed by atoms with Gasteiger partial charge in [-0.3, -0.25) is 4.79 Å². The maximum Gasteiger partial charge on any atom is 0.226 e. The van der Waals surface area contributed by atoms with Crippen LogP contribution >= 0.6 is 0 Å². The van der Waals surface area contributed by atoms with Crippen LogP contribution in [0.4, 0.5) is 0 Å². The number of nitrogens with one attached hydrogen (secondary N) is 1. The highest BCUT2D eigenvalue weighted by molar-refractivity contribution is 5.78. The second-order valence-corrected chi connectivity index (χ2v) is 4.67. The molecule has 0 radical (unpaired) electrons. The van der Waals surface area contributed by atoms with Crippen LogP contribution in [-0.2, 0) is 11.2 Å². The Morgan fingerprint density at radius 3 is 2.86 bits per heavy atom. The molecule has 1 amide bonds. The topological polar surface area (TPSA) is 73.6 Å². The Kier molecular flexibility index (Phi) is 3.77. The van der Waals surface area contributed by atoms with E-state index in [-0.39, 0.29) is 12.3 Å². The highest BCUT2D eigenvalue weighted by Gasteiger charge is 2.15. The van der Waals surface area contributed by atoms with E-state index in [2.05, 4.69) is 10.5 Å². The Hall–Kier alpha value is -2.50. The Morgan fingerprint density at radius 1 is 1.24 bits per heavy atom. The van der Waals surface area contributed by atoms with Gasteiger partial charge >= 0.3 is 0 Å². The number of nitrogens with zero attached hydrogens (tertiary/aromatic N) is 1. The average molecular weight is 288 g/mol. The highest BCUT2D eigenvalue weighted by atomic mass is 16.6. The number of hydrogen-bond donors (Lipinski definition) is 1. The second-order valence-electron chi connectivity index (χ2n) is 4.67. The summed E-state index contributed by atoms with van der Waals surface area (Å²) in [5, 5.41) is 6.65. The molecule has 2 aromatic rings. The molecule has 1 aromatic carbocycles. The molecule has 0 saturated heterocycles. The third-order valence-electron chi connectivity index (χ3n) is 3.10. The molecule has 110 valence electrons. The van der Waals surface area contributed by atoms with Crippen LogP contribution in [0.3, 0.4) is 0 Å². The van der Waals surface area contributed by atoms with Gasteiger partial charge in [0.15, 0.2) is 17.3 Å². The number of carbonyl (C=O) groups excluding carboxylic acids is 1. The third-order valence-corrected chi connectivity index (χ3v) is 3.10. The molecule has 0 aliphatic carbocycles. The highest BCUT2D eigenvalue weighted by Crippen LogP contribution is 2.34. The first-order chi connectivity index (χ1) is 10.3. The minimum absolute atomic E-state index is 0.0699. The molecule has 0 atom stereocenters. The molecule has 0 spiro atoms. The van der Waals surface area contributed by atoms with Gasteiger partial charge in [0.25, 0.3) is 0 Å². The molecule has 21 heavy (non-hydrogen) atoms. The summed E-state index contributed by atoms with van der Waals surface area (Å²) < 4.78 is 16.3. The summed E-state index contributed by atoms with van der Waals surface area (Å²) in [4.78, 5) is 11.5. The van der Waals surface area contributed by atoms with Crippen LogP contribution < -0.4 is 14.8 Å². The molecule has 1 aromatic heterocycles. The van der Waals surface area contributed by atoms with Gasteiger partial charge in [-0.25, -0.2) is 0 Å². The molecule has 1 N–H and O–H groups in total. The summed E-state index contributed by atoms with van der Waals surface area (Å²) in [6.07, 6.45) is 0.210. The predicted molar refractivity (Wildman–Crippen MR) is 75.3 cm³/mol. The summed E-state index contributed by atoms with van der Waals surface area (Å²) in [6, 6.07) is 7.34. The van der Waals surface area contributed by atoms with E-state index in [1.807, 2.05) is 25.1 Å². The van der Waals surface area contributed by atoms with E-state index in [1.165, 1.54) is 0 Å². The first-order valence-corrected chi connectivity index (χ1v) is 6.88. The smallest absolute Gasteiger partial charge is 0.226 e. The SMILES string of the molecule is CCNC(=O)Cc1cc(-c2ccc3c(c2)OCCO3)on1. The Balaban J connectivity index is 1.78. The van der Waals surface area contributed by atoms with Crippen molar-refractivity contribution in [1.82, 2.24) is 10.5 Å². The van der Waals surface area contributed by atoms with Crippen molar-refractivity contribution >= 4 is 5.91 Å². The fourth-order valence-corrected chi connectivity index (χ4v) is 2.15. The lowest BCUT2D eigenvalue weighted by molar-refractivity contribution is -0.120. The minimum atomic E-state index is -0.0699. The van der Waals surface area contributed by atoms with Gasteiger partial charge in [0.05, 0.1) is 12.1 Å². The zero-order valence-electron chi connectivity index (χ0n) is 11.7. The van der Waals surface area contributed by atoms with E-state index in [4.69, 9.17) is 14.0 Å². The van der Waals surface area contributed by atoms with Gasteiger partial charge in [0.1, 0.15) is 13.2 Å². The van der Waals surface area contributed by atoms with Gasteiger partial charge in [-0.2, -0.15) is 0 Å². The number of ether oxygens (including phenoxy) is 2. The number of rotatable bonds is 4. The molecular weight excluding hydrogens is 272 g/mol. The lowest BCUT2D eigenvalue weighted by atomic mass is 10.1. The van der Waals surface area contributed by atoms with Crippen molar-refractivity contribution in [3.8, 4) is 22.8 Å². The molecule has 6 heteroatoms. The Morgan fingerprint density at radius 2 is 2.05 bits per heavy atom. The molecule has 3 rings (SSSR count). The third kappa shape index (κ3) is 2.99. The van der Waals surface area contributed by atoms with Crippen molar-refractivity contribution in [3.63, 3.8) is 0 Å². The molecule has 1 aliphatic heterocycles. The predicted octanol–water partition coefficient (Wildman–Crippen LogP) is 1.79. The first kappa shape index (κ1) is 13.5. The van der Waals surface area contributed by atoms with E-state index in [0.717, 1.165) is 11.3 Å². The van der Waals surface area contributed by atoms with Crippen LogP contribution in [0.25, 0.3) is 11.3 Å². The Labute approximate surface area is 122 Å². The van der Waals surface area contributed by atoms with Crippen molar-refractivity contribution in [1.29, 1.82) is 0 Å². The minimum Gasteiger partial charge on any atom is -0.486 e. The average Bonchev–Trinajstić information content (AvgIpc) is 2.95. The summed E-state index contributed by atoms with van der Waals surface area (Å²) in [7, 11) is 0. The zero-order valence-corrected chi connectivity index (χ0v) is 11.7. The number of amides is 1. The summed E-state index contributed by atoms with van der Waals surface area (Å²) in [5.41, 5.74) is 1.44. The van der Waals surface area contributed by atoms with Gasteiger partial charge in [-0.15, -0.1) is 0 Å². The van der Waals surface area contributed by atoms with Crippen LogP contribution in [0, 0.1) is 0 Å². The van der Waals surface area contributed by atoms with Gasteiger partial charge in [-0.05, 0) is 25.1 Å². The lowest BCUT2D eigenvalue weighted by Gasteiger charge is -2.18. The van der Waals surface area contributed by atoms with Crippen LogP contribution in [-0.4, -0.2) is 30.8 Å². The fraction of sp³-hybridized carbons (Fsp3) is 0.333. The van der Waals surface area contributed by atoms with E-state index < -0.39 is 0 Å². The molecule has 1 aliphatic rings. The standard InChI is InChI=1S/C15H16N2O4/c1-2-16-15(18)9-11-8-13(21-17-11)10-3-4-12-14(7-10)20-6-5-19-12/h3-4,7-8H,2,5-6,9H2,1H3,(H,16,18). The quantitative estimate of drug-likeness (QED) is 0.928. The van der Waals surface area contributed by atoms with Gasteiger partial charge in [0.2, 0.25) is 5.91 Å². The van der Waals surface area contributed by atoms with Gasteiger partial charge in [0, 0.05) is 18.2 Å². The van der Waals surface area contributed by atoms with Crippen molar-refractivity contribution in [2.75, 3.05) is 19.8 Å². The van der Waals surface area contributed by atoms with E-state index in [9.17, 15) is 4.79 Å². The fourth-order valence-electron chi connectivity index (χ4n) is 2.15. The maximum atomic E-state index is 11.5. The van der Waals surface area contributed by atoms with Gasteiger partial charge in [-0.1, -0.05) is 5.16 Å². The van der Waals surface area contributed by atoms with Crippen molar-refractivity contribution in [2.45, 2.75) is 13.3 Å². The summed E-state index contributed by atoms with van der Waals surface area (Å²) in [5.74, 6) is 1.96. The van der Waals surface area contributed by atoms with Gasteiger partial charge < -0.3 is 19.3 Å². The number of benzene rings is 1. The Bertz CT molecular complexity index is 651. The number of hydrogen-bond acceptors (Lipinski definition) is 5.